The van der Waals surface area contributed by atoms with E-state index in [0.717, 1.165) is 54.3 Å². The minimum atomic E-state index is -3.58. The Balaban J connectivity index is 1.44. The third-order valence-electron chi connectivity index (χ3n) is 6.93. The lowest BCUT2D eigenvalue weighted by molar-refractivity contribution is 0.0917. The smallest absolute Gasteiger partial charge is 0.260 e. The first kappa shape index (κ1) is 25.6. The number of hydrogen-bond donors (Lipinski definition) is 0. The Labute approximate surface area is 221 Å². The average Bonchev–Trinajstić information content (AvgIpc) is 3.47. The molecule has 10 heteroatoms. The van der Waals surface area contributed by atoms with Crippen molar-refractivity contribution in [2.75, 3.05) is 31.1 Å². The number of carbonyl (C=O) groups is 1. The molecule has 0 N–H and O–H groups in total. The van der Waals surface area contributed by atoms with Crippen LogP contribution < -0.4 is 4.90 Å². The molecule has 0 spiro atoms. The van der Waals surface area contributed by atoms with Gasteiger partial charge in [-0.15, -0.1) is 0 Å². The second-order valence-electron chi connectivity index (χ2n) is 9.41. The summed E-state index contributed by atoms with van der Waals surface area (Å²) < 4.78 is 34.7. The standard InChI is InChI=1S/C26H30ClN3O4S2/c1-18-22(27)12-13-23-24(18)28-26(35-23)30(17-20-7-6-16-34-20)25(31)19-8-10-21(11-9-19)36(32,33)29-14-4-2-3-5-15-29/h8-13,20H,2-7,14-17H2,1H3. The lowest BCUT2D eigenvalue weighted by Crippen LogP contribution is -2.37. The van der Waals surface area contributed by atoms with Gasteiger partial charge < -0.3 is 4.74 Å². The second-order valence-corrected chi connectivity index (χ2v) is 12.8. The molecule has 1 unspecified atom stereocenters. The molecule has 3 aromatic rings. The Morgan fingerprint density at radius 1 is 1.11 bits per heavy atom. The van der Waals surface area contributed by atoms with E-state index in [1.165, 1.54) is 11.3 Å². The Hall–Kier alpha value is -2.04. The molecule has 2 aliphatic heterocycles. The maximum atomic E-state index is 13.7. The molecule has 0 aliphatic carbocycles. The maximum absolute atomic E-state index is 13.7. The minimum Gasteiger partial charge on any atom is -0.376 e. The van der Waals surface area contributed by atoms with Gasteiger partial charge in [0.1, 0.15) is 0 Å². The van der Waals surface area contributed by atoms with Gasteiger partial charge in [-0.05, 0) is 74.6 Å². The van der Waals surface area contributed by atoms with Crippen molar-refractivity contribution in [1.82, 2.24) is 9.29 Å². The molecule has 192 valence electrons. The summed E-state index contributed by atoms with van der Waals surface area (Å²) in [6, 6.07) is 10.1. The van der Waals surface area contributed by atoms with Crippen LogP contribution in [-0.4, -0.2) is 56.0 Å². The van der Waals surface area contributed by atoms with Crippen LogP contribution in [-0.2, 0) is 14.8 Å². The number of anilines is 1. The molecule has 1 amide bonds. The van der Waals surface area contributed by atoms with Gasteiger partial charge in [0.2, 0.25) is 10.0 Å². The number of fused-ring (bicyclic) bond motifs is 1. The van der Waals surface area contributed by atoms with E-state index in [1.54, 1.807) is 33.5 Å². The third-order valence-corrected chi connectivity index (χ3v) is 10.3. The van der Waals surface area contributed by atoms with Crippen LogP contribution in [0.25, 0.3) is 10.2 Å². The summed E-state index contributed by atoms with van der Waals surface area (Å²) >= 11 is 7.74. The molecule has 0 saturated carbocycles. The molecular formula is C26H30ClN3O4S2. The summed E-state index contributed by atoms with van der Waals surface area (Å²) in [6.07, 6.45) is 5.64. The summed E-state index contributed by atoms with van der Waals surface area (Å²) in [5, 5.41) is 1.22. The van der Waals surface area contributed by atoms with Gasteiger partial charge >= 0.3 is 0 Å². The van der Waals surface area contributed by atoms with Crippen LogP contribution in [0.4, 0.5) is 5.13 Å². The van der Waals surface area contributed by atoms with Crippen LogP contribution >= 0.6 is 22.9 Å². The molecule has 36 heavy (non-hydrogen) atoms. The minimum absolute atomic E-state index is 0.0617. The zero-order valence-corrected chi connectivity index (χ0v) is 22.7. The monoisotopic (exact) mass is 547 g/mol. The first-order valence-corrected chi connectivity index (χ1v) is 15.1. The number of hydrogen-bond acceptors (Lipinski definition) is 6. The van der Waals surface area contributed by atoms with Crippen molar-refractivity contribution in [1.29, 1.82) is 0 Å². The van der Waals surface area contributed by atoms with Crippen LogP contribution in [0.15, 0.2) is 41.3 Å². The van der Waals surface area contributed by atoms with E-state index in [1.807, 2.05) is 19.1 Å². The number of sulfonamides is 1. The van der Waals surface area contributed by atoms with Crippen molar-refractivity contribution < 1.29 is 17.9 Å². The molecule has 0 bridgehead atoms. The van der Waals surface area contributed by atoms with E-state index in [2.05, 4.69) is 0 Å². The molecule has 2 saturated heterocycles. The lowest BCUT2D eigenvalue weighted by atomic mass is 10.2. The second kappa shape index (κ2) is 10.8. The number of benzene rings is 2. The van der Waals surface area contributed by atoms with Gasteiger partial charge in [-0.2, -0.15) is 4.31 Å². The average molecular weight is 548 g/mol. The highest BCUT2D eigenvalue weighted by atomic mass is 35.5. The van der Waals surface area contributed by atoms with Crippen LogP contribution in [0.5, 0.6) is 0 Å². The lowest BCUT2D eigenvalue weighted by Gasteiger charge is -2.23. The van der Waals surface area contributed by atoms with Crippen molar-refractivity contribution in [2.24, 2.45) is 0 Å². The number of aryl methyl sites for hydroxylation is 1. The number of thiazole rings is 1. The fourth-order valence-electron chi connectivity index (χ4n) is 4.80. The molecule has 7 nitrogen and oxygen atoms in total. The zero-order chi connectivity index (χ0) is 25.3. The number of halogens is 1. The first-order chi connectivity index (χ1) is 17.3. The maximum Gasteiger partial charge on any atom is 0.260 e. The number of ether oxygens (including phenoxy) is 1. The van der Waals surface area contributed by atoms with E-state index >= 15 is 0 Å². The van der Waals surface area contributed by atoms with Gasteiger partial charge in [0.25, 0.3) is 5.91 Å². The zero-order valence-electron chi connectivity index (χ0n) is 20.3. The van der Waals surface area contributed by atoms with Crippen LogP contribution in [0.2, 0.25) is 5.02 Å². The van der Waals surface area contributed by atoms with Crippen LogP contribution in [0, 0.1) is 6.92 Å². The Morgan fingerprint density at radius 3 is 2.50 bits per heavy atom. The van der Waals surface area contributed by atoms with E-state index in [9.17, 15) is 13.2 Å². The number of rotatable bonds is 6. The molecule has 5 rings (SSSR count). The normalized spacial score (nSPS) is 19.4. The summed E-state index contributed by atoms with van der Waals surface area (Å²) in [5.74, 6) is -0.230. The van der Waals surface area contributed by atoms with Gasteiger partial charge in [0.05, 0.1) is 27.8 Å². The Kier molecular flexibility index (Phi) is 7.65. The fourth-order valence-corrected chi connectivity index (χ4v) is 7.50. The summed E-state index contributed by atoms with van der Waals surface area (Å²) in [5.41, 5.74) is 2.08. The van der Waals surface area contributed by atoms with Gasteiger partial charge in [-0.3, -0.25) is 9.69 Å². The van der Waals surface area contributed by atoms with Crippen LogP contribution in [0.1, 0.15) is 54.4 Å². The summed E-state index contributed by atoms with van der Waals surface area (Å²) in [4.78, 5) is 20.4. The number of nitrogens with zero attached hydrogens (tertiary/aromatic N) is 3. The van der Waals surface area contributed by atoms with Crippen LogP contribution in [0.3, 0.4) is 0 Å². The molecule has 2 aliphatic rings. The molecule has 0 radical (unpaired) electrons. The van der Waals surface area contributed by atoms with Crippen molar-refractivity contribution in [2.45, 2.75) is 56.4 Å². The van der Waals surface area contributed by atoms with Crippen molar-refractivity contribution in [3.8, 4) is 0 Å². The summed E-state index contributed by atoms with van der Waals surface area (Å²) in [7, 11) is -3.58. The molecule has 1 atom stereocenters. The Bertz CT molecular complexity index is 1340. The third kappa shape index (κ3) is 5.17. The molecule has 3 heterocycles. The molecular weight excluding hydrogens is 518 g/mol. The van der Waals surface area contributed by atoms with E-state index < -0.39 is 10.0 Å². The van der Waals surface area contributed by atoms with Gasteiger partial charge in [-0.1, -0.05) is 35.8 Å². The fraction of sp³-hybridized carbons (Fsp3) is 0.462. The number of amides is 1. The van der Waals surface area contributed by atoms with Crippen molar-refractivity contribution in [3.05, 3.63) is 52.5 Å². The first-order valence-electron chi connectivity index (χ1n) is 12.4. The highest BCUT2D eigenvalue weighted by Gasteiger charge is 2.29. The van der Waals surface area contributed by atoms with Gasteiger partial charge in [-0.25, -0.2) is 13.4 Å². The predicted molar refractivity (Wildman–Crippen MR) is 144 cm³/mol. The summed E-state index contributed by atoms with van der Waals surface area (Å²) in [6.45, 7) is 4.08. The quantitative estimate of drug-likeness (QED) is 0.398. The van der Waals surface area contributed by atoms with E-state index in [4.69, 9.17) is 21.3 Å². The topological polar surface area (TPSA) is 79.8 Å². The van der Waals surface area contributed by atoms with Gasteiger partial charge in [0.15, 0.2) is 5.13 Å². The number of carbonyl (C=O) groups excluding carboxylic acids is 1. The predicted octanol–water partition coefficient (Wildman–Crippen LogP) is 5.65. The SMILES string of the molecule is Cc1c(Cl)ccc2sc(N(CC3CCCO3)C(=O)c3ccc(S(=O)(=O)N4CCCCCC4)cc3)nc12. The highest BCUT2D eigenvalue weighted by Crippen LogP contribution is 2.35. The van der Waals surface area contributed by atoms with Crippen molar-refractivity contribution >= 4 is 54.2 Å². The van der Waals surface area contributed by atoms with E-state index in [0.29, 0.717) is 42.0 Å². The molecule has 1 aromatic heterocycles. The highest BCUT2D eigenvalue weighted by molar-refractivity contribution is 7.89. The van der Waals surface area contributed by atoms with Crippen molar-refractivity contribution in [3.63, 3.8) is 0 Å². The van der Waals surface area contributed by atoms with Gasteiger partial charge in [0, 0.05) is 30.3 Å². The van der Waals surface area contributed by atoms with E-state index in [-0.39, 0.29) is 16.9 Å². The largest absolute Gasteiger partial charge is 0.376 e. The Morgan fingerprint density at radius 2 is 1.83 bits per heavy atom. The molecule has 2 fully saturated rings. The number of aromatic nitrogens is 1. The molecule has 2 aromatic carbocycles.